The lowest BCUT2D eigenvalue weighted by Gasteiger charge is -2.32. The van der Waals surface area contributed by atoms with Gasteiger partial charge in [-0.2, -0.15) is 0 Å². The smallest absolute Gasteiger partial charge is 0.227 e. The van der Waals surface area contributed by atoms with Crippen molar-refractivity contribution in [2.24, 2.45) is 5.92 Å². The number of nitrogens with one attached hydrogen (secondary N) is 1. The molecule has 0 unspecified atom stereocenters. The summed E-state index contributed by atoms with van der Waals surface area (Å²) in [5.41, 5.74) is 3.73. The Balaban J connectivity index is 1.37. The van der Waals surface area contributed by atoms with Crippen molar-refractivity contribution in [3.05, 3.63) is 65.2 Å². The van der Waals surface area contributed by atoms with Gasteiger partial charge in [0, 0.05) is 29.6 Å². The molecule has 3 aromatic rings. The number of amides is 1. The first-order valence-corrected chi connectivity index (χ1v) is 10.7. The van der Waals surface area contributed by atoms with Gasteiger partial charge in [0.25, 0.3) is 0 Å². The molecule has 6 nitrogen and oxygen atoms in total. The Labute approximate surface area is 187 Å². The van der Waals surface area contributed by atoms with E-state index in [1.807, 2.05) is 24.3 Å². The number of aryl methyl sites for hydroxylation is 1. The molecule has 0 spiro atoms. The van der Waals surface area contributed by atoms with Gasteiger partial charge in [-0.3, -0.25) is 4.79 Å². The molecule has 31 heavy (non-hydrogen) atoms. The number of anilines is 2. The van der Waals surface area contributed by atoms with Crippen LogP contribution in [0.3, 0.4) is 0 Å². The van der Waals surface area contributed by atoms with E-state index in [2.05, 4.69) is 39.5 Å². The molecule has 160 valence electrons. The van der Waals surface area contributed by atoms with Gasteiger partial charge in [-0.05, 0) is 55.7 Å². The summed E-state index contributed by atoms with van der Waals surface area (Å²) in [5.74, 6) is 1.35. The van der Waals surface area contributed by atoms with Gasteiger partial charge in [-0.15, -0.1) is 10.2 Å². The maximum atomic E-state index is 12.8. The van der Waals surface area contributed by atoms with E-state index in [0.717, 1.165) is 43.0 Å². The number of nitrogens with zero attached hydrogens (tertiary/aromatic N) is 3. The zero-order valence-corrected chi connectivity index (χ0v) is 18.4. The first kappa shape index (κ1) is 21.1. The molecule has 1 fully saturated rings. The molecule has 2 aromatic carbocycles. The second-order valence-electron chi connectivity index (χ2n) is 7.69. The van der Waals surface area contributed by atoms with Crippen LogP contribution in [0.4, 0.5) is 11.5 Å². The molecule has 0 atom stereocenters. The second kappa shape index (κ2) is 9.35. The van der Waals surface area contributed by atoms with Crippen molar-refractivity contribution in [1.29, 1.82) is 0 Å². The molecule has 1 aromatic heterocycles. The number of carbonyl (C=O) groups excluding carboxylic acids is 1. The Morgan fingerprint density at radius 1 is 1.10 bits per heavy atom. The molecule has 4 rings (SSSR count). The molecule has 1 amide bonds. The summed E-state index contributed by atoms with van der Waals surface area (Å²) in [4.78, 5) is 14.9. The average Bonchev–Trinajstić information content (AvgIpc) is 2.80. The predicted molar refractivity (Wildman–Crippen MR) is 124 cm³/mol. The molecule has 0 radical (unpaired) electrons. The maximum absolute atomic E-state index is 12.8. The number of piperidine rings is 1. The van der Waals surface area contributed by atoms with Crippen LogP contribution in [-0.2, 0) is 4.79 Å². The molecular weight excluding hydrogens is 412 g/mol. The fourth-order valence-electron chi connectivity index (χ4n) is 3.88. The summed E-state index contributed by atoms with van der Waals surface area (Å²) in [7, 11) is 1.57. The van der Waals surface area contributed by atoms with Crippen LogP contribution in [-0.4, -0.2) is 36.3 Å². The molecule has 1 aliphatic heterocycles. The van der Waals surface area contributed by atoms with Gasteiger partial charge in [0.05, 0.1) is 18.5 Å². The summed E-state index contributed by atoms with van der Waals surface area (Å²) in [6, 6.07) is 17.4. The van der Waals surface area contributed by atoms with Crippen molar-refractivity contribution >= 4 is 29.0 Å². The third-order valence-corrected chi connectivity index (χ3v) is 5.92. The van der Waals surface area contributed by atoms with Crippen LogP contribution in [0.1, 0.15) is 18.4 Å². The lowest BCUT2D eigenvalue weighted by molar-refractivity contribution is -0.120. The van der Waals surface area contributed by atoms with Gasteiger partial charge < -0.3 is 15.0 Å². The lowest BCUT2D eigenvalue weighted by Crippen LogP contribution is -2.38. The highest BCUT2D eigenvalue weighted by Crippen LogP contribution is 2.30. The number of carbonyl (C=O) groups is 1. The minimum atomic E-state index is -0.0702. The summed E-state index contributed by atoms with van der Waals surface area (Å²) in [6.45, 7) is 3.58. The minimum absolute atomic E-state index is 0.0128. The molecule has 2 heterocycles. The van der Waals surface area contributed by atoms with Crippen molar-refractivity contribution in [3.63, 3.8) is 0 Å². The Morgan fingerprint density at radius 3 is 2.55 bits per heavy atom. The van der Waals surface area contributed by atoms with Crippen molar-refractivity contribution in [2.75, 3.05) is 30.4 Å². The highest BCUT2D eigenvalue weighted by atomic mass is 35.5. The maximum Gasteiger partial charge on any atom is 0.227 e. The molecule has 0 bridgehead atoms. The van der Waals surface area contributed by atoms with E-state index in [9.17, 15) is 4.79 Å². The number of methoxy groups -OCH3 is 1. The monoisotopic (exact) mass is 436 g/mol. The van der Waals surface area contributed by atoms with Crippen LogP contribution < -0.4 is 15.0 Å². The van der Waals surface area contributed by atoms with Crippen molar-refractivity contribution in [3.8, 4) is 17.0 Å². The summed E-state index contributed by atoms with van der Waals surface area (Å²) in [6.07, 6.45) is 1.49. The standard InChI is InChI=1S/C24H25ClN4O2/c1-16-5-3-4-6-19(16)20-8-10-23(28-27-20)29-13-11-17(12-14-29)24(30)26-21-15-18(25)7-9-22(21)31-2/h3-10,15,17H,11-14H2,1-2H3,(H,26,30). The third-order valence-electron chi connectivity index (χ3n) is 5.68. The number of hydrogen-bond donors (Lipinski definition) is 1. The average molecular weight is 437 g/mol. The van der Waals surface area contributed by atoms with E-state index >= 15 is 0 Å². The number of rotatable bonds is 5. The van der Waals surface area contributed by atoms with E-state index in [4.69, 9.17) is 16.3 Å². The Kier molecular flexibility index (Phi) is 6.37. The van der Waals surface area contributed by atoms with Crippen molar-refractivity contribution in [1.82, 2.24) is 10.2 Å². The Hall–Kier alpha value is -3.12. The van der Waals surface area contributed by atoms with Gasteiger partial charge in [-0.1, -0.05) is 35.9 Å². The summed E-state index contributed by atoms with van der Waals surface area (Å²) < 4.78 is 5.32. The van der Waals surface area contributed by atoms with E-state index in [1.54, 1.807) is 25.3 Å². The molecule has 0 saturated carbocycles. The van der Waals surface area contributed by atoms with Crippen LogP contribution >= 0.6 is 11.6 Å². The SMILES string of the molecule is COc1ccc(Cl)cc1NC(=O)C1CCN(c2ccc(-c3ccccc3C)nn2)CC1. The molecule has 1 N–H and O–H groups in total. The first-order valence-electron chi connectivity index (χ1n) is 10.3. The number of aromatic nitrogens is 2. The number of hydrogen-bond acceptors (Lipinski definition) is 5. The van der Waals surface area contributed by atoms with E-state index in [-0.39, 0.29) is 11.8 Å². The fourth-order valence-corrected chi connectivity index (χ4v) is 4.05. The first-order chi connectivity index (χ1) is 15.0. The van der Waals surface area contributed by atoms with Gasteiger partial charge >= 0.3 is 0 Å². The van der Waals surface area contributed by atoms with Crippen LogP contribution in [0.2, 0.25) is 5.02 Å². The normalized spacial score (nSPS) is 14.4. The van der Waals surface area contributed by atoms with Gasteiger partial charge in [0.15, 0.2) is 5.82 Å². The fraction of sp³-hybridized carbons (Fsp3) is 0.292. The molecule has 1 aliphatic rings. The van der Waals surface area contributed by atoms with E-state index in [1.165, 1.54) is 5.56 Å². The third kappa shape index (κ3) is 4.80. The van der Waals surface area contributed by atoms with Crippen molar-refractivity contribution in [2.45, 2.75) is 19.8 Å². The van der Waals surface area contributed by atoms with Gasteiger partial charge in [0.1, 0.15) is 5.75 Å². The zero-order valence-electron chi connectivity index (χ0n) is 17.6. The number of benzene rings is 2. The Bertz CT molecular complexity index is 1060. The zero-order chi connectivity index (χ0) is 21.8. The van der Waals surface area contributed by atoms with Crippen LogP contribution in [0.5, 0.6) is 5.75 Å². The molecule has 0 aliphatic carbocycles. The second-order valence-corrected chi connectivity index (χ2v) is 8.12. The minimum Gasteiger partial charge on any atom is -0.495 e. The van der Waals surface area contributed by atoms with Crippen molar-refractivity contribution < 1.29 is 9.53 Å². The topological polar surface area (TPSA) is 67.3 Å². The van der Waals surface area contributed by atoms with Gasteiger partial charge in [-0.25, -0.2) is 0 Å². The lowest BCUT2D eigenvalue weighted by atomic mass is 9.95. The van der Waals surface area contributed by atoms with E-state index < -0.39 is 0 Å². The summed E-state index contributed by atoms with van der Waals surface area (Å²) >= 11 is 6.06. The molecule has 7 heteroatoms. The van der Waals surface area contributed by atoms with Crippen LogP contribution in [0.25, 0.3) is 11.3 Å². The summed E-state index contributed by atoms with van der Waals surface area (Å²) in [5, 5.41) is 12.4. The molecular formula is C24H25ClN4O2. The predicted octanol–water partition coefficient (Wildman–Crippen LogP) is 4.97. The highest BCUT2D eigenvalue weighted by molar-refractivity contribution is 6.31. The number of halogens is 1. The molecule has 1 saturated heterocycles. The highest BCUT2D eigenvalue weighted by Gasteiger charge is 2.26. The van der Waals surface area contributed by atoms with E-state index in [0.29, 0.717) is 16.5 Å². The number of ether oxygens (including phenoxy) is 1. The van der Waals surface area contributed by atoms with Crippen LogP contribution in [0, 0.1) is 12.8 Å². The quantitative estimate of drug-likeness (QED) is 0.611. The largest absolute Gasteiger partial charge is 0.495 e. The van der Waals surface area contributed by atoms with Crippen LogP contribution in [0.15, 0.2) is 54.6 Å². The van der Waals surface area contributed by atoms with Gasteiger partial charge in [0.2, 0.25) is 5.91 Å². The Morgan fingerprint density at radius 2 is 1.87 bits per heavy atom.